The van der Waals surface area contributed by atoms with E-state index in [0.29, 0.717) is 0 Å². The molecule has 1 atom stereocenters. The van der Waals surface area contributed by atoms with E-state index >= 15 is 0 Å². The van der Waals surface area contributed by atoms with Gasteiger partial charge in [-0.2, -0.15) is 0 Å². The Kier molecular flexibility index (Phi) is 4.43. The minimum atomic E-state index is -0.213. The highest BCUT2D eigenvalue weighted by molar-refractivity contribution is 7.21. The molecule has 0 aliphatic carbocycles. The number of nitrogens with zero attached hydrogens (tertiary/aromatic N) is 1. The van der Waals surface area contributed by atoms with E-state index in [9.17, 15) is 0 Å². The maximum atomic E-state index is 6.43. The quantitative estimate of drug-likeness (QED) is 0.572. The molecule has 0 amide bonds. The lowest BCUT2D eigenvalue weighted by molar-refractivity contribution is -0.0530. The third-order valence-electron chi connectivity index (χ3n) is 5.97. The lowest BCUT2D eigenvalue weighted by Gasteiger charge is -2.31. The van der Waals surface area contributed by atoms with Gasteiger partial charge in [-0.25, -0.2) is 4.98 Å². The predicted molar refractivity (Wildman–Crippen MR) is 123 cm³/mol. The highest BCUT2D eigenvalue weighted by atomic mass is 32.1. The van der Waals surface area contributed by atoms with E-state index in [-0.39, 0.29) is 18.6 Å². The first-order valence-electron chi connectivity index (χ1n) is 10.6. The molecule has 4 heterocycles. The zero-order chi connectivity index (χ0) is 20.5. The second-order valence-electron chi connectivity index (χ2n) is 9.42. The minimum Gasteiger partial charge on any atom is -0.427 e. The van der Waals surface area contributed by atoms with Crippen LogP contribution in [-0.4, -0.2) is 24.1 Å². The second-order valence-corrected chi connectivity index (χ2v) is 10.5. The average Bonchev–Trinajstić information content (AvgIpc) is 2.83. The Hall–Kier alpha value is -1.69. The Balaban J connectivity index is 1.87. The number of aromatic nitrogens is 1. The summed E-state index contributed by atoms with van der Waals surface area (Å²) in [7, 11) is 0. The molecule has 0 N–H and O–H groups in total. The van der Waals surface area contributed by atoms with Crippen molar-refractivity contribution in [2.24, 2.45) is 0 Å². The highest BCUT2D eigenvalue weighted by Crippen LogP contribution is 2.43. The van der Waals surface area contributed by atoms with E-state index in [4.69, 9.17) is 14.4 Å². The number of benzene rings is 1. The summed E-state index contributed by atoms with van der Waals surface area (Å²) in [6.07, 6.45) is 2.12. The fourth-order valence-corrected chi connectivity index (χ4v) is 6.34. The minimum absolute atomic E-state index is 0.0276. The first-order valence-corrected chi connectivity index (χ1v) is 11.4. The molecule has 0 spiro atoms. The van der Waals surface area contributed by atoms with E-state index in [1.54, 1.807) is 0 Å². The van der Waals surface area contributed by atoms with Gasteiger partial charge in [-0.15, -0.1) is 11.3 Å². The van der Waals surface area contributed by atoms with Gasteiger partial charge in [-0.05, 0) is 76.4 Å². The summed E-state index contributed by atoms with van der Waals surface area (Å²) >= 11 is 1.86. The number of pyridine rings is 1. The fraction of sp³-hybridized carbons (Fsp3) is 0.458. The van der Waals surface area contributed by atoms with Crippen LogP contribution in [0.2, 0.25) is 0 Å². The molecule has 2 aromatic heterocycles. The highest BCUT2D eigenvalue weighted by Gasteiger charge is 2.39. The van der Waals surface area contributed by atoms with Gasteiger partial charge in [-0.1, -0.05) is 23.8 Å². The van der Waals surface area contributed by atoms with Crippen LogP contribution >= 0.6 is 11.3 Å². The van der Waals surface area contributed by atoms with Gasteiger partial charge in [0.25, 0.3) is 0 Å². The Morgan fingerprint density at radius 1 is 1.24 bits per heavy atom. The summed E-state index contributed by atoms with van der Waals surface area (Å²) in [4.78, 5) is 7.66. The Morgan fingerprint density at radius 2 is 2.03 bits per heavy atom. The van der Waals surface area contributed by atoms with Crippen LogP contribution in [0.25, 0.3) is 21.3 Å². The van der Waals surface area contributed by atoms with Gasteiger partial charge < -0.3 is 9.39 Å². The normalized spacial score (nSPS) is 16.7. The van der Waals surface area contributed by atoms with E-state index < -0.39 is 0 Å². The molecule has 1 aromatic carbocycles. The zero-order valence-electron chi connectivity index (χ0n) is 18.2. The molecule has 0 radical (unpaired) electrons. The van der Waals surface area contributed by atoms with Gasteiger partial charge in [0.05, 0.1) is 11.7 Å². The van der Waals surface area contributed by atoms with Crippen LogP contribution in [0.3, 0.4) is 0 Å². The summed E-state index contributed by atoms with van der Waals surface area (Å²) in [5.41, 5.74) is 8.64. The molecular formula is C24H28BNO2S. The van der Waals surface area contributed by atoms with Crippen molar-refractivity contribution in [3.63, 3.8) is 0 Å². The van der Waals surface area contributed by atoms with Crippen molar-refractivity contribution in [2.45, 2.75) is 66.1 Å². The molecule has 2 aliphatic rings. The number of hydrogen-bond acceptors (Lipinski definition) is 4. The van der Waals surface area contributed by atoms with Crippen LogP contribution in [0.5, 0.6) is 0 Å². The predicted octanol–water partition coefficient (Wildman–Crippen LogP) is 4.84. The molecule has 5 heteroatoms. The van der Waals surface area contributed by atoms with Gasteiger partial charge in [-0.3, -0.25) is 0 Å². The smallest absolute Gasteiger partial charge is 0.364 e. The molecule has 0 saturated carbocycles. The number of aryl methyl sites for hydroxylation is 3. The van der Waals surface area contributed by atoms with Crippen molar-refractivity contribution in [3.8, 4) is 11.1 Å². The SMILES string of the molecule is Cc1ccc2c(c1)B1OCCCc3sc4nc(C)c(C(C)OC(C)(C)C)c-2c4c31. The molecule has 0 bridgehead atoms. The Labute approximate surface area is 177 Å². The van der Waals surface area contributed by atoms with Crippen molar-refractivity contribution in [1.82, 2.24) is 4.98 Å². The van der Waals surface area contributed by atoms with Gasteiger partial charge in [0, 0.05) is 28.1 Å². The largest absolute Gasteiger partial charge is 0.427 e. The standard InChI is InChI=1S/C24H28BNO2S/c1-13-9-10-16-17(12-13)25-22-18(8-7-11-27-25)29-23-21(22)20(16)19(14(2)26-23)15(3)28-24(4,5)6/h9-10,12,15H,7-8,11H2,1-6H3. The van der Waals surface area contributed by atoms with Gasteiger partial charge in [0.1, 0.15) is 4.83 Å². The third kappa shape index (κ3) is 3.06. The zero-order valence-corrected chi connectivity index (χ0v) is 19.0. The van der Waals surface area contributed by atoms with Crippen LogP contribution in [0, 0.1) is 13.8 Å². The molecule has 0 fully saturated rings. The summed E-state index contributed by atoms with van der Waals surface area (Å²) in [6.45, 7) is 13.7. The first kappa shape index (κ1) is 19.3. The van der Waals surface area contributed by atoms with Crippen molar-refractivity contribution in [3.05, 3.63) is 39.9 Å². The van der Waals surface area contributed by atoms with Crippen LogP contribution < -0.4 is 10.9 Å². The van der Waals surface area contributed by atoms with Crippen molar-refractivity contribution < 1.29 is 9.39 Å². The molecule has 3 aromatic rings. The van der Waals surface area contributed by atoms with Crippen molar-refractivity contribution in [2.75, 3.05) is 6.61 Å². The van der Waals surface area contributed by atoms with Crippen LogP contribution in [0.15, 0.2) is 18.2 Å². The fourth-order valence-electron chi connectivity index (χ4n) is 5.04. The third-order valence-corrected chi connectivity index (χ3v) is 7.13. The average molecular weight is 405 g/mol. The summed E-state index contributed by atoms with van der Waals surface area (Å²) < 4.78 is 12.9. The Morgan fingerprint density at radius 3 is 2.79 bits per heavy atom. The molecular weight excluding hydrogens is 377 g/mol. The van der Waals surface area contributed by atoms with Gasteiger partial charge in [0.2, 0.25) is 0 Å². The molecule has 5 rings (SSSR count). The maximum Gasteiger partial charge on any atom is 0.364 e. The number of ether oxygens (including phenoxy) is 1. The topological polar surface area (TPSA) is 31.4 Å². The van der Waals surface area contributed by atoms with Crippen molar-refractivity contribution in [1.29, 1.82) is 0 Å². The molecule has 2 aliphatic heterocycles. The monoisotopic (exact) mass is 405 g/mol. The van der Waals surface area contributed by atoms with E-state index in [0.717, 1.165) is 30.0 Å². The first-order chi connectivity index (χ1) is 13.7. The van der Waals surface area contributed by atoms with E-state index in [1.165, 1.54) is 43.4 Å². The molecule has 0 saturated heterocycles. The number of rotatable bonds is 2. The lowest BCUT2D eigenvalue weighted by Crippen LogP contribution is -2.48. The molecule has 3 nitrogen and oxygen atoms in total. The number of fused-ring (bicyclic) bond motifs is 3. The van der Waals surface area contributed by atoms with Gasteiger partial charge in [0.15, 0.2) is 0 Å². The van der Waals surface area contributed by atoms with Crippen LogP contribution in [0.4, 0.5) is 0 Å². The van der Waals surface area contributed by atoms with Crippen molar-refractivity contribution >= 4 is 39.4 Å². The number of thiophene rings is 1. The molecule has 29 heavy (non-hydrogen) atoms. The summed E-state index contributed by atoms with van der Waals surface area (Å²) in [5.74, 6) is 0. The van der Waals surface area contributed by atoms with E-state index in [1.807, 2.05) is 11.3 Å². The van der Waals surface area contributed by atoms with Crippen LogP contribution in [-0.2, 0) is 15.8 Å². The van der Waals surface area contributed by atoms with Crippen LogP contribution in [0.1, 0.15) is 61.9 Å². The lowest BCUT2D eigenvalue weighted by atomic mass is 9.49. The Bertz CT molecular complexity index is 1130. The number of hydrogen-bond donors (Lipinski definition) is 0. The maximum absolute atomic E-state index is 6.43. The molecule has 1 unspecified atom stereocenters. The van der Waals surface area contributed by atoms with E-state index in [2.05, 4.69) is 59.7 Å². The van der Waals surface area contributed by atoms with Gasteiger partial charge >= 0.3 is 6.92 Å². The summed E-state index contributed by atoms with van der Waals surface area (Å²) in [6, 6.07) is 6.81. The second kappa shape index (κ2) is 6.66. The molecule has 150 valence electrons. The summed E-state index contributed by atoms with van der Waals surface area (Å²) in [5, 5.41) is 1.30.